The zero-order valence-electron chi connectivity index (χ0n) is 11.6. The third-order valence-electron chi connectivity index (χ3n) is 3.99. The molecule has 0 bridgehead atoms. The number of nitrogens with zero attached hydrogens (tertiary/aromatic N) is 1. The van der Waals surface area contributed by atoms with Crippen molar-refractivity contribution >= 4 is 0 Å². The summed E-state index contributed by atoms with van der Waals surface area (Å²) in [5, 5.41) is 3.60. The fraction of sp³-hybridized carbons (Fsp3) is 1.00. The summed E-state index contributed by atoms with van der Waals surface area (Å²) in [5.74, 6) is 1.70. The van der Waals surface area contributed by atoms with Gasteiger partial charge in [-0.25, -0.2) is 0 Å². The first-order chi connectivity index (χ1) is 7.59. The lowest BCUT2D eigenvalue weighted by atomic mass is 9.99. The quantitative estimate of drug-likeness (QED) is 0.701. The molecule has 1 fully saturated rings. The summed E-state index contributed by atoms with van der Waals surface area (Å²) in [6.07, 6.45) is 4.09. The average molecular weight is 226 g/mol. The van der Waals surface area contributed by atoms with Gasteiger partial charge in [-0.2, -0.15) is 0 Å². The van der Waals surface area contributed by atoms with Crippen LogP contribution in [0.15, 0.2) is 0 Å². The highest BCUT2D eigenvalue weighted by molar-refractivity contribution is 4.70. The van der Waals surface area contributed by atoms with Crippen molar-refractivity contribution in [1.29, 1.82) is 0 Å². The zero-order chi connectivity index (χ0) is 12.0. The Morgan fingerprint density at radius 1 is 1.19 bits per heavy atom. The highest BCUT2D eigenvalue weighted by atomic mass is 15.1. The van der Waals surface area contributed by atoms with E-state index in [4.69, 9.17) is 0 Å². The number of nitrogens with one attached hydrogen (secondary N) is 1. The molecule has 1 atom stereocenters. The molecular formula is C14H30N2. The van der Waals surface area contributed by atoms with Crippen molar-refractivity contribution in [2.75, 3.05) is 26.2 Å². The van der Waals surface area contributed by atoms with Crippen LogP contribution in [0.25, 0.3) is 0 Å². The zero-order valence-corrected chi connectivity index (χ0v) is 11.6. The maximum absolute atomic E-state index is 3.60. The Morgan fingerprint density at radius 3 is 2.38 bits per heavy atom. The van der Waals surface area contributed by atoms with Gasteiger partial charge < -0.3 is 10.2 Å². The average Bonchev–Trinajstić information content (AvgIpc) is 2.26. The van der Waals surface area contributed by atoms with Crippen LogP contribution in [-0.2, 0) is 0 Å². The summed E-state index contributed by atoms with van der Waals surface area (Å²) in [7, 11) is 0. The summed E-state index contributed by atoms with van der Waals surface area (Å²) < 4.78 is 0. The number of piperidine rings is 1. The molecule has 1 rings (SSSR count). The Hall–Kier alpha value is -0.0800. The van der Waals surface area contributed by atoms with Gasteiger partial charge in [-0.15, -0.1) is 0 Å². The topological polar surface area (TPSA) is 15.3 Å². The van der Waals surface area contributed by atoms with E-state index < -0.39 is 0 Å². The molecule has 0 radical (unpaired) electrons. The molecule has 1 aliphatic rings. The molecule has 2 nitrogen and oxygen atoms in total. The minimum atomic E-state index is 0.654. The molecule has 0 spiro atoms. The summed E-state index contributed by atoms with van der Waals surface area (Å²) >= 11 is 0. The van der Waals surface area contributed by atoms with Crippen LogP contribution in [0.1, 0.15) is 47.0 Å². The lowest BCUT2D eigenvalue weighted by molar-refractivity contribution is 0.189. The van der Waals surface area contributed by atoms with Gasteiger partial charge in [-0.3, -0.25) is 0 Å². The van der Waals surface area contributed by atoms with E-state index in [1.807, 2.05) is 0 Å². The van der Waals surface area contributed by atoms with Crippen LogP contribution < -0.4 is 5.32 Å². The van der Waals surface area contributed by atoms with Crippen molar-refractivity contribution in [1.82, 2.24) is 10.2 Å². The maximum Gasteiger partial charge on any atom is 0.00617 e. The third kappa shape index (κ3) is 5.31. The molecule has 1 heterocycles. The van der Waals surface area contributed by atoms with Gasteiger partial charge in [-0.1, -0.05) is 20.8 Å². The smallest absolute Gasteiger partial charge is 0.00617 e. The molecule has 2 heteroatoms. The molecule has 0 amide bonds. The van der Waals surface area contributed by atoms with Gasteiger partial charge >= 0.3 is 0 Å². The van der Waals surface area contributed by atoms with Gasteiger partial charge in [0.1, 0.15) is 0 Å². The van der Waals surface area contributed by atoms with E-state index in [0.29, 0.717) is 6.04 Å². The van der Waals surface area contributed by atoms with E-state index in [1.165, 1.54) is 45.4 Å². The summed E-state index contributed by atoms with van der Waals surface area (Å²) in [6.45, 7) is 14.3. The normalized spacial score (nSPS) is 21.6. The van der Waals surface area contributed by atoms with Crippen LogP contribution in [0.2, 0.25) is 0 Å². The summed E-state index contributed by atoms with van der Waals surface area (Å²) in [6, 6.07) is 0.654. The van der Waals surface area contributed by atoms with Crippen molar-refractivity contribution in [2.45, 2.75) is 53.0 Å². The van der Waals surface area contributed by atoms with E-state index >= 15 is 0 Å². The van der Waals surface area contributed by atoms with Gasteiger partial charge in [0.2, 0.25) is 0 Å². The predicted molar refractivity (Wildman–Crippen MR) is 71.8 cm³/mol. The van der Waals surface area contributed by atoms with E-state index in [9.17, 15) is 0 Å². The largest absolute Gasteiger partial charge is 0.314 e. The fourth-order valence-electron chi connectivity index (χ4n) is 2.15. The number of hydrogen-bond donors (Lipinski definition) is 1. The van der Waals surface area contributed by atoms with E-state index in [2.05, 4.69) is 37.9 Å². The molecule has 0 aliphatic carbocycles. The Kier molecular flexibility index (Phi) is 6.37. The first-order valence-electron chi connectivity index (χ1n) is 7.05. The molecule has 96 valence electrons. The minimum absolute atomic E-state index is 0.654. The molecule has 0 aromatic rings. The van der Waals surface area contributed by atoms with Crippen LogP contribution in [0.5, 0.6) is 0 Å². The van der Waals surface area contributed by atoms with E-state index in [0.717, 1.165) is 11.8 Å². The Labute approximate surface area is 102 Å². The van der Waals surface area contributed by atoms with Gasteiger partial charge in [0.15, 0.2) is 0 Å². The van der Waals surface area contributed by atoms with Crippen molar-refractivity contribution in [2.24, 2.45) is 11.8 Å². The number of hydrogen-bond acceptors (Lipinski definition) is 2. The molecule has 1 N–H and O–H groups in total. The van der Waals surface area contributed by atoms with Crippen LogP contribution >= 0.6 is 0 Å². The molecule has 0 aromatic heterocycles. The van der Waals surface area contributed by atoms with Gasteiger partial charge in [0, 0.05) is 6.04 Å². The second-order valence-corrected chi connectivity index (χ2v) is 5.86. The van der Waals surface area contributed by atoms with Gasteiger partial charge in [0.05, 0.1) is 0 Å². The lowest BCUT2D eigenvalue weighted by Gasteiger charge is -2.30. The van der Waals surface area contributed by atoms with Crippen LogP contribution in [0.3, 0.4) is 0 Å². The molecular weight excluding hydrogens is 196 g/mol. The van der Waals surface area contributed by atoms with Crippen LogP contribution in [0, 0.1) is 11.8 Å². The van der Waals surface area contributed by atoms with Crippen molar-refractivity contribution < 1.29 is 0 Å². The van der Waals surface area contributed by atoms with Gasteiger partial charge in [0.25, 0.3) is 0 Å². The summed E-state index contributed by atoms with van der Waals surface area (Å²) in [4.78, 5) is 2.63. The fourth-order valence-corrected chi connectivity index (χ4v) is 2.15. The Balaban J connectivity index is 1.99. The predicted octanol–water partition coefficient (Wildman–Crippen LogP) is 2.74. The highest BCUT2D eigenvalue weighted by Gasteiger charge is 2.14. The number of likely N-dealkylation sites (tertiary alicyclic amines) is 1. The van der Waals surface area contributed by atoms with Gasteiger partial charge in [-0.05, 0) is 64.2 Å². The molecule has 1 saturated heterocycles. The van der Waals surface area contributed by atoms with Crippen LogP contribution in [-0.4, -0.2) is 37.1 Å². The lowest BCUT2D eigenvalue weighted by Crippen LogP contribution is -2.36. The van der Waals surface area contributed by atoms with E-state index in [-0.39, 0.29) is 0 Å². The molecule has 1 aliphatic heterocycles. The third-order valence-corrected chi connectivity index (χ3v) is 3.99. The minimum Gasteiger partial charge on any atom is -0.314 e. The molecule has 16 heavy (non-hydrogen) atoms. The van der Waals surface area contributed by atoms with Crippen LogP contribution in [0.4, 0.5) is 0 Å². The first kappa shape index (κ1) is 14.0. The van der Waals surface area contributed by atoms with Crippen molar-refractivity contribution in [3.8, 4) is 0 Å². The summed E-state index contributed by atoms with van der Waals surface area (Å²) in [5.41, 5.74) is 0. The first-order valence-corrected chi connectivity index (χ1v) is 7.05. The second-order valence-electron chi connectivity index (χ2n) is 5.86. The van der Waals surface area contributed by atoms with E-state index in [1.54, 1.807) is 0 Å². The highest BCUT2D eigenvalue weighted by Crippen LogP contribution is 2.15. The molecule has 0 saturated carbocycles. The second kappa shape index (κ2) is 7.29. The number of rotatable bonds is 6. The Bertz CT molecular complexity index is 172. The van der Waals surface area contributed by atoms with Crippen molar-refractivity contribution in [3.05, 3.63) is 0 Å². The monoisotopic (exact) mass is 226 g/mol. The van der Waals surface area contributed by atoms with Crippen molar-refractivity contribution in [3.63, 3.8) is 0 Å². The molecule has 0 aromatic carbocycles. The Morgan fingerprint density at radius 2 is 1.81 bits per heavy atom. The standard InChI is InChI=1S/C14H30N2/c1-12(2)14(4)15-8-5-9-16-10-6-13(3)7-11-16/h12-15H,5-11H2,1-4H3. The molecule has 1 unspecified atom stereocenters. The maximum atomic E-state index is 3.60. The SMILES string of the molecule is CC1CCN(CCCNC(C)C(C)C)CC1.